The minimum absolute atomic E-state index is 0.111. The van der Waals surface area contributed by atoms with E-state index in [2.05, 4.69) is 22.6 Å². The maximum atomic E-state index is 11.5. The van der Waals surface area contributed by atoms with Crippen LogP contribution in [0.3, 0.4) is 0 Å². The van der Waals surface area contributed by atoms with Crippen LogP contribution in [-0.4, -0.2) is 18.4 Å². The monoisotopic (exact) mass is 332 g/mol. The van der Waals surface area contributed by atoms with E-state index in [-0.39, 0.29) is 18.6 Å². The highest BCUT2D eigenvalue weighted by atomic mass is 127. The first kappa shape index (κ1) is 13.2. The van der Waals surface area contributed by atoms with Gasteiger partial charge in [0.2, 0.25) is 0 Å². The van der Waals surface area contributed by atoms with Gasteiger partial charge in [0, 0.05) is 9.99 Å². The van der Waals surface area contributed by atoms with E-state index in [4.69, 9.17) is 4.74 Å². The lowest BCUT2D eigenvalue weighted by atomic mass is 10.1. The first-order valence-corrected chi connectivity index (χ1v) is 6.11. The van der Waals surface area contributed by atoms with E-state index in [1.165, 1.54) is 0 Å². The number of esters is 1. The fraction of sp³-hybridized carbons (Fsp3) is 0.333. The lowest BCUT2D eigenvalue weighted by Gasteiger charge is -2.02. The van der Waals surface area contributed by atoms with Gasteiger partial charge in [0.05, 0.1) is 6.61 Å². The molecule has 0 spiro atoms. The number of halogens is 1. The van der Waals surface area contributed by atoms with E-state index < -0.39 is 5.97 Å². The van der Waals surface area contributed by atoms with E-state index in [1.807, 2.05) is 24.3 Å². The molecule has 0 aliphatic rings. The molecule has 0 aliphatic heterocycles. The molecule has 0 fully saturated rings. The average Bonchev–Trinajstić information content (AvgIpc) is 2.21. The molecule has 0 unspecified atom stereocenters. The van der Waals surface area contributed by atoms with Crippen molar-refractivity contribution in [3.05, 3.63) is 33.4 Å². The third-order valence-corrected chi connectivity index (χ3v) is 2.68. The molecule has 0 amide bonds. The summed E-state index contributed by atoms with van der Waals surface area (Å²) in [7, 11) is 0. The molecule has 0 atom stereocenters. The number of rotatable bonds is 5. The number of hydrogen-bond donors (Lipinski definition) is 0. The molecule has 0 radical (unpaired) electrons. The molecule has 86 valence electrons. The van der Waals surface area contributed by atoms with E-state index in [9.17, 15) is 9.59 Å². The van der Waals surface area contributed by atoms with Crippen molar-refractivity contribution >= 4 is 34.3 Å². The number of Topliss-reactive ketones (excluding diaryl/α,β-unsaturated/α-hetero) is 1. The number of benzene rings is 1. The zero-order valence-electron chi connectivity index (χ0n) is 9.03. The van der Waals surface area contributed by atoms with Crippen LogP contribution in [0, 0.1) is 3.57 Å². The molecule has 0 heterocycles. The lowest BCUT2D eigenvalue weighted by Crippen LogP contribution is -2.12. The minimum Gasteiger partial charge on any atom is -0.466 e. The van der Waals surface area contributed by atoms with Gasteiger partial charge in [0.25, 0.3) is 0 Å². The summed E-state index contributed by atoms with van der Waals surface area (Å²) in [5.41, 5.74) is 0.926. The lowest BCUT2D eigenvalue weighted by molar-refractivity contribution is -0.145. The number of carbonyl (C=O) groups excluding carboxylic acids is 2. The first-order chi connectivity index (χ1) is 7.61. The van der Waals surface area contributed by atoms with Crippen LogP contribution >= 0.6 is 22.6 Å². The van der Waals surface area contributed by atoms with Gasteiger partial charge in [-0.15, -0.1) is 0 Å². The second-order valence-corrected chi connectivity index (χ2v) is 4.57. The van der Waals surface area contributed by atoms with Gasteiger partial charge in [-0.3, -0.25) is 9.59 Å². The Hall–Kier alpha value is -0.910. The van der Waals surface area contributed by atoms with Crippen molar-refractivity contribution in [1.82, 2.24) is 0 Å². The summed E-state index contributed by atoms with van der Waals surface area (Å²) in [5.74, 6) is -0.558. The van der Waals surface area contributed by atoms with E-state index in [0.29, 0.717) is 6.61 Å². The third-order valence-electron chi connectivity index (χ3n) is 1.96. The summed E-state index contributed by atoms with van der Waals surface area (Å²) in [4.78, 5) is 22.5. The fourth-order valence-electron chi connectivity index (χ4n) is 1.27. The zero-order valence-corrected chi connectivity index (χ0v) is 11.2. The SMILES string of the molecule is CCOC(=O)CC(=O)Cc1ccc(I)cc1. The molecule has 4 heteroatoms. The number of hydrogen-bond acceptors (Lipinski definition) is 3. The Balaban J connectivity index is 2.45. The molecule has 0 aromatic heterocycles. The third kappa shape index (κ3) is 4.74. The quantitative estimate of drug-likeness (QED) is 0.472. The summed E-state index contributed by atoms with van der Waals surface area (Å²) < 4.78 is 5.83. The van der Waals surface area contributed by atoms with E-state index in [1.54, 1.807) is 6.92 Å². The Morgan fingerprint density at radius 1 is 1.25 bits per heavy atom. The molecule has 0 bridgehead atoms. The van der Waals surface area contributed by atoms with E-state index in [0.717, 1.165) is 9.13 Å². The number of carbonyl (C=O) groups is 2. The molecule has 0 N–H and O–H groups in total. The average molecular weight is 332 g/mol. The van der Waals surface area contributed by atoms with Crippen molar-refractivity contribution in [2.75, 3.05) is 6.61 Å². The Morgan fingerprint density at radius 2 is 1.88 bits per heavy atom. The molecular weight excluding hydrogens is 319 g/mol. The van der Waals surface area contributed by atoms with Gasteiger partial charge in [-0.1, -0.05) is 12.1 Å². The maximum absolute atomic E-state index is 11.5. The second kappa shape index (κ2) is 6.62. The molecule has 0 saturated carbocycles. The Labute approximate surface area is 108 Å². The van der Waals surface area contributed by atoms with Crippen molar-refractivity contribution < 1.29 is 14.3 Å². The van der Waals surface area contributed by atoms with Gasteiger partial charge >= 0.3 is 5.97 Å². The van der Waals surface area contributed by atoms with Gasteiger partial charge in [-0.25, -0.2) is 0 Å². The van der Waals surface area contributed by atoms with Crippen LogP contribution in [0.4, 0.5) is 0 Å². The van der Waals surface area contributed by atoms with Crippen LogP contribution in [0.15, 0.2) is 24.3 Å². The summed E-state index contributed by atoms with van der Waals surface area (Å²) in [6.45, 7) is 2.04. The van der Waals surface area contributed by atoms with Crippen molar-refractivity contribution in [3.8, 4) is 0 Å². The highest BCUT2D eigenvalue weighted by Crippen LogP contribution is 2.08. The second-order valence-electron chi connectivity index (χ2n) is 3.32. The molecule has 0 aliphatic carbocycles. The van der Waals surface area contributed by atoms with Crippen molar-refractivity contribution in [2.45, 2.75) is 19.8 Å². The maximum Gasteiger partial charge on any atom is 0.313 e. The molecule has 0 saturated heterocycles. The molecule has 1 aromatic carbocycles. The Bertz CT molecular complexity index is 370. The zero-order chi connectivity index (χ0) is 12.0. The topological polar surface area (TPSA) is 43.4 Å². The molecule has 16 heavy (non-hydrogen) atoms. The Kier molecular flexibility index (Phi) is 5.45. The predicted octanol–water partition coefficient (Wildman–Crippen LogP) is 2.36. The smallest absolute Gasteiger partial charge is 0.313 e. The van der Waals surface area contributed by atoms with Crippen LogP contribution in [0.5, 0.6) is 0 Å². The summed E-state index contributed by atoms with van der Waals surface area (Å²) in [6.07, 6.45) is 0.148. The standard InChI is InChI=1S/C12H13IO3/c1-2-16-12(15)8-11(14)7-9-3-5-10(13)6-4-9/h3-6H,2,7-8H2,1H3. The van der Waals surface area contributed by atoms with Gasteiger partial charge < -0.3 is 4.74 Å². The van der Waals surface area contributed by atoms with Gasteiger partial charge in [-0.2, -0.15) is 0 Å². The first-order valence-electron chi connectivity index (χ1n) is 5.03. The number of ether oxygens (including phenoxy) is 1. The van der Waals surface area contributed by atoms with Crippen molar-refractivity contribution in [1.29, 1.82) is 0 Å². The van der Waals surface area contributed by atoms with Crippen molar-refractivity contribution in [2.24, 2.45) is 0 Å². The normalized spacial score (nSPS) is 9.88. The van der Waals surface area contributed by atoms with Gasteiger partial charge in [0.1, 0.15) is 12.2 Å². The predicted molar refractivity (Wildman–Crippen MR) is 69.1 cm³/mol. The highest BCUT2D eigenvalue weighted by Gasteiger charge is 2.10. The van der Waals surface area contributed by atoms with Crippen molar-refractivity contribution in [3.63, 3.8) is 0 Å². The largest absolute Gasteiger partial charge is 0.466 e. The highest BCUT2D eigenvalue weighted by molar-refractivity contribution is 14.1. The number of ketones is 1. The van der Waals surface area contributed by atoms with Crippen LogP contribution in [0.1, 0.15) is 18.9 Å². The van der Waals surface area contributed by atoms with E-state index >= 15 is 0 Å². The molecular formula is C12H13IO3. The molecule has 3 nitrogen and oxygen atoms in total. The van der Waals surface area contributed by atoms with Gasteiger partial charge in [-0.05, 0) is 47.2 Å². The molecule has 1 rings (SSSR count). The van der Waals surface area contributed by atoms with Crippen LogP contribution in [-0.2, 0) is 20.7 Å². The fourth-order valence-corrected chi connectivity index (χ4v) is 1.63. The summed E-state index contributed by atoms with van der Waals surface area (Å²) >= 11 is 2.20. The van der Waals surface area contributed by atoms with Crippen LogP contribution in [0.2, 0.25) is 0 Å². The Morgan fingerprint density at radius 3 is 2.44 bits per heavy atom. The van der Waals surface area contributed by atoms with Gasteiger partial charge in [0.15, 0.2) is 0 Å². The molecule has 1 aromatic rings. The van der Waals surface area contributed by atoms with Crippen LogP contribution in [0.25, 0.3) is 0 Å². The summed E-state index contributed by atoms with van der Waals surface area (Å²) in [6, 6.07) is 7.66. The summed E-state index contributed by atoms with van der Waals surface area (Å²) in [5, 5.41) is 0. The van der Waals surface area contributed by atoms with Crippen LogP contribution < -0.4 is 0 Å². The minimum atomic E-state index is -0.446.